The fraction of sp³-hybridized carbons (Fsp3) is 0.917. The quantitative estimate of drug-likeness (QED) is 0.726. The van der Waals surface area contributed by atoms with Gasteiger partial charge in [0.05, 0.1) is 6.61 Å². The summed E-state index contributed by atoms with van der Waals surface area (Å²) in [4.78, 5) is 11.6. The Morgan fingerprint density at radius 3 is 2.73 bits per heavy atom. The van der Waals surface area contributed by atoms with Gasteiger partial charge >= 0.3 is 5.97 Å². The molecule has 0 aromatic rings. The number of hydrogen-bond donors (Lipinski definition) is 1. The van der Waals surface area contributed by atoms with Gasteiger partial charge in [0.1, 0.15) is 0 Å². The molecule has 0 radical (unpaired) electrons. The third kappa shape index (κ3) is 2.33. The molecule has 2 fully saturated rings. The third-order valence-electron chi connectivity index (χ3n) is 3.71. The lowest BCUT2D eigenvalue weighted by Crippen LogP contribution is -2.44. The Hall–Kier alpha value is -0.570. The zero-order valence-corrected chi connectivity index (χ0v) is 9.37. The summed E-state index contributed by atoms with van der Waals surface area (Å²) in [5, 5.41) is 10.2. The van der Waals surface area contributed by atoms with Crippen LogP contribution in [0.4, 0.5) is 0 Å². The lowest BCUT2D eigenvalue weighted by molar-refractivity contribution is -0.170. The van der Waals surface area contributed by atoms with E-state index in [2.05, 4.69) is 0 Å². The van der Waals surface area contributed by atoms with E-state index in [1.54, 1.807) is 6.92 Å². The number of carbonyl (C=O) groups is 1. The first kappa shape index (κ1) is 10.9. The van der Waals surface area contributed by atoms with Gasteiger partial charge in [0.15, 0.2) is 5.60 Å². The monoisotopic (exact) mass is 212 g/mol. The second-order valence-electron chi connectivity index (χ2n) is 4.95. The number of hydrogen-bond acceptors (Lipinski definition) is 3. The van der Waals surface area contributed by atoms with E-state index in [-0.39, 0.29) is 0 Å². The maximum Gasteiger partial charge on any atom is 0.338 e. The van der Waals surface area contributed by atoms with Crippen LogP contribution >= 0.6 is 0 Å². The number of carbonyl (C=O) groups excluding carboxylic acids is 1. The molecule has 2 atom stereocenters. The van der Waals surface area contributed by atoms with E-state index in [1.165, 1.54) is 19.3 Å². The highest BCUT2D eigenvalue weighted by Crippen LogP contribution is 2.46. The first-order chi connectivity index (χ1) is 7.15. The molecular formula is C12H20O3. The molecule has 2 aliphatic carbocycles. The highest BCUT2D eigenvalue weighted by atomic mass is 16.5. The van der Waals surface area contributed by atoms with Gasteiger partial charge in [-0.05, 0) is 57.3 Å². The molecular weight excluding hydrogens is 192 g/mol. The normalized spacial score (nSPS) is 36.3. The number of esters is 1. The molecule has 2 rings (SSSR count). The lowest BCUT2D eigenvalue weighted by atomic mass is 9.76. The molecule has 0 heterocycles. The molecule has 15 heavy (non-hydrogen) atoms. The van der Waals surface area contributed by atoms with E-state index in [9.17, 15) is 9.90 Å². The maximum atomic E-state index is 11.6. The van der Waals surface area contributed by atoms with Gasteiger partial charge < -0.3 is 9.84 Å². The molecule has 0 aliphatic heterocycles. The van der Waals surface area contributed by atoms with Crippen molar-refractivity contribution in [3.05, 3.63) is 0 Å². The van der Waals surface area contributed by atoms with Crippen LogP contribution in [0.2, 0.25) is 0 Å². The Labute approximate surface area is 90.8 Å². The molecule has 0 aromatic heterocycles. The minimum Gasteiger partial charge on any atom is -0.464 e. The van der Waals surface area contributed by atoms with Crippen LogP contribution in [0.5, 0.6) is 0 Å². The molecule has 2 saturated carbocycles. The first-order valence-electron chi connectivity index (χ1n) is 6.05. The highest BCUT2D eigenvalue weighted by Gasteiger charge is 2.46. The molecule has 0 aromatic carbocycles. The molecule has 0 saturated heterocycles. The summed E-state index contributed by atoms with van der Waals surface area (Å²) in [6.07, 6.45) is 5.89. The van der Waals surface area contributed by atoms with Gasteiger partial charge in [-0.2, -0.15) is 0 Å². The minimum absolute atomic E-state index is 0.356. The summed E-state index contributed by atoms with van der Waals surface area (Å²) >= 11 is 0. The summed E-state index contributed by atoms with van der Waals surface area (Å²) in [5.41, 5.74) is -1.18. The smallest absolute Gasteiger partial charge is 0.338 e. The standard InChI is InChI=1S/C12H20O3/c1-2-15-11(13)12(14)7-3-4-10(8-12)9-5-6-9/h9-10,14H,2-8H2,1H3. The second-order valence-corrected chi connectivity index (χ2v) is 4.95. The van der Waals surface area contributed by atoms with Crippen molar-refractivity contribution < 1.29 is 14.6 Å². The van der Waals surface area contributed by atoms with Gasteiger partial charge in [-0.1, -0.05) is 0 Å². The van der Waals surface area contributed by atoms with Crippen LogP contribution in [-0.4, -0.2) is 23.3 Å². The zero-order valence-electron chi connectivity index (χ0n) is 9.37. The molecule has 2 aliphatic rings. The fourth-order valence-corrected chi connectivity index (χ4v) is 2.72. The largest absolute Gasteiger partial charge is 0.464 e. The van der Waals surface area contributed by atoms with E-state index in [4.69, 9.17) is 4.74 Å². The van der Waals surface area contributed by atoms with Crippen LogP contribution in [0, 0.1) is 11.8 Å². The van der Waals surface area contributed by atoms with E-state index >= 15 is 0 Å². The predicted octanol–water partition coefficient (Wildman–Crippen LogP) is 1.88. The maximum absolute atomic E-state index is 11.6. The van der Waals surface area contributed by atoms with Crippen molar-refractivity contribution in [2.45, 2.75) is 51.0 Å². The first-order valence-corrected chi connectivity index (χ1v) is 6.05. The Bertz CT molecular complexity index is 247. The van der Waals surface area contributed by atoms with Crippen molar-refractivity contribution in [3.63, 3.8) is 0 Å². The molecule has 0 spiro atoms. The summed E-state index contributed by atoms with van der Waals surface area (Å²) in [6.45, 7) is 2.14. The molecule has 1 N–H and O–H groups in total. The molecule has 2 unspecified atom stereocenters. The van der Waals surface area contributed by atoms with Gasteiger partial charge in [0.25, 0.3) is 0 Å². The predicted molar refractivity (Wildman–Crippen MR) is 56.3 cm³/mol. The van der Waals surface area contributed by atoms with Gasteiger partial charge in [0.2, 0.25) is 0 Å². The van der Waals surface area contributed by atoms with Crippen LogP contribution < -0.4 is 0 Å². The molecule has 3 heteroatoms. The lowest BCUT2D eigenvalue weighted by Gasteiger charge is -2.34. The SMILES string of the molecule is CCOC(=O)C1(O)CCCC(C2CC2)C1. The van der Waals surface area contributed by atoms with Crippen molar-refractivity contribution in [2.24, 2.45) is 11.8 Å². The van der Waals surface area contributed by atoms with Crippen molar-refractivity contribution in [3.8, 4) is 0 Å². The molecule has 3 nitrogen and oxygen atoms in total. The van der Waals surface area contributed by atoms with Crippen LogP contribution in [0.15, 0.2) is 0 Å². The average Bonchev–Trinajstić information content (AvgIpc) is 3.01. The summed E-state index contributed by atoms with van der Waals surface area (Å²) in [5.74, 6) is 0.912. The Morgan fingerprint density at radius 2 is 2.13 bits per heavy atom. The summed E-state index contributed by atoms with van der Waals surface area (Å²) < 4.78 is 4.94. The van der Waals surface area contributed by atoms with Crippen LogP contribution in [0.3, 0.4) is 0 Å². The molecule has 86 valence electrons. The number of rotatable bonds is 3. The Kier molecular flexibility index (Phi) is 3.01. The number of ether oxygens (including phenoxy) is 1. The van der Waals surface area contributed by atoms with E-state index < -0.39 is 11.6 Å². The van der Waals surface area contributed by atoms with E-state index in [0.29, 0.717) is 25.4 Å². The van der Waals surface area contributed by atoms with Crippen molar-refractivity contribution in [2.75, 3.05) is 6.61 Å². The second kappa shape index (κ2) is 4.12. The minimum atomic E-state index is -1.18. The molecule has 0 bridgehead atoms. The van der Waals surface area contributed by atoms with Crippen LogP contribution in [-0.2, 0) is 9.53 Å². The van der Waals surface area contributed by atoms with Crippen LogP contribution in [0.1, 0.15) is 45.4 Å². The van der Waals surface area contributed by atoms with Gasteiger partial charge in [-0.25, -0.2) is 4.79 Å². The average molecular weight is 212 g/mol. The van der Waals surface area contributed by atoms with Crippen LogP contribution in [0.25, 0.3) is 0 Å². The van der Waals surface area contributed by atoms with Crippen molar-refractivity contribution in [1.82, 2.24) is 0 Å². The fourth-order valence-electron chi connectivity index (χ4n) is 2.72. The van der Waals surface area contributed by atoms with Crippen molar-refractivity contribution in [1.29, 1.82) is 0 Å². The summed E-state index contributed by atoms with van der Waals surface area (Å²) in [7, 11) is 0. The Morgan fingerprint density at radius 1 is 1.40 bits per heavy atom. The Balaban J connectivity index is 1.96. The number of aliphatic hydroxyl groups is 1. The topological polar surface area (TPSA) is 46.5 Å². The molecule has 0 amide bonds. The van der Waals surface area contributed by atoms with Gasteiger partial charge in [0, 0.05) is 0 Å². The van der Waals surface area contributed by atoms with Crippen molar-refractivity contribution >= 4 is 5.97 Å². The highest BCUT2D eigenvalue weighted by molar-refractivity contribution is 5.79. The van der Waals surface area contributed by atoms with Gasteiger partial charge in [-0.3, -0.25) is 0 Å². The summed E-state index contributed by atoms with van der Waals surface area (Å²) in [6, 6.07) is 0. The third-order valence-corrected chi connectivity index (χ3v) is 3.71. The zero-order chi connectivity index (χ0) is 10.9. The van der Waals surface area contributed by atoms with E-state index in [0.717, 1.165) is 12.3 Å². The van der Waals surface area contributed by atoms with Gasteiger partial charge in [-0.15, -0.1) is 0 Å². The van der Waals surface area contributed by atoms with E-state index in [1.807, 2.05) is 0 Å².